The largest absolute Gasteiger partial charge is 0.350 e. The number of anilines is 2. The van der Waals surface area contributed by atoms with E-state index in [1.165, 1.54) is 37.3 Å². The molecule has 0 aliphatic carbocycles. The minimum absolute atomic E-state index is 0.0389. The Balaban J connectivity index is 1.86. The Hall–Kier alpha value is -3.22. The molecule has 3 rings (SSSR count). The van der Waals surface area contributed by atoms with E-state index in [0.29, 0.717) is 16.6 Å². The van der Waals surface area contributed by atoms with Gasteiger partial charge >= 0.3 is 0 Å². The highest BCUT2D eigenvalue weighted by molar-refractivity contribution is 6.06. The maximum atomic E-state index is 13.7. The quantitative estimate of drug-likeness (QED) is 0.686. The molecule has 3 N–H and O–H groups in total. The predicted octanol–water partition coefficient (Wildman–Crippen LogP) is 3.66. The van der Waals surface area contributed by atoms with Gasteiger partial charge in [0, 0.05) is 23.5 Å². The number of fused-ring (bicyclic) bond motifs is 1. The van der Waals surface area contributed by atoms with Gasteiger partial charge in [0.2, 0.25) is 5.91 Å². The minimum atomic E-state index is -0.615. The molecule has 0 bridgehead atoms. The lowest BCUT2D eigenvalue weighted by Gasteiger charge is -2.08. The first-order valence-electron chi connectivity index (χ1n) is 7.10. The summed E-state index contributed by atoms with van der Waals surface area (Å²) in [7, 11) is 0. The number of hydrogen-bond donors (Lipinski definition) is 3. The molecule has 3 aromatic rings. The van der Waals surface area contributed by atoms with Crippen molar-refractivity contribution < 1.29 is 18.4 Å². The van der Waals surface area contributed by atoms with Crippen molar-refractivity contribution in [2.24, 2.45) is 0 Å². The van der Waals surface area contributed by atoms with E-state index in [9.17, 15) is 18.4 Å². The summed E-state index contributed by atoms with van der Waals surface area (Å²) in [6, 6.07) is 9.69. The molecule has 0 saturated heterocycles. The summed E-state index contributed by atoms with van der Waals surface area (Å²) in [5, 5.41) is 5.21. The number of carbonyl (C=O) groups excluding carboxylic acids is 2. The van der Waals surface area contributed by atoms with Crippen molar-refractivity contribution in [2.75, 3.05) is 10.6 Å². The van der Waals surface area contributed by atoms with E-state index in [-0.39, 0.29) is 11.4 Å². The Morgan fingerprint density at radius 1 is 1.00 bits per heavy atom. The normalized spacial score (nSPS) is 10.6. The van der Waals surface area contributed by atoms with Crippen LogP contribution in [-0.4, -0.2) is 16.8 Å². The fraction of sp³-hybridized carbons (Fsp3) is 0.0588. The summed E-state index contributed by atoms with van der Waals surface area (Å²) in [4.78, 5) is 26.1. The van der Waals surface area contributed by atoms with Crippen LogP contribution in [-0.2, 0) is 4.79 Å². The van der Waals surface area contributed by atoms with Crippen LogP contribution in [0.1, 0.15) is 17.4 Å². The number of amides is 2. The van der Waals surface area contributed by atoms with Gasteiger partial charge in [0.1, 0.15) is 17.3 Å². The second kappa shape index (κ2) is 6.11. The third kappa shape index (κ3) is 3.10. The first-order valence-corrected chi connectivity index (χ1v) is 7.10. The van der Waals surface area contributed by atoms with Gasteiger partial charge in [0.15, 0.2) is 0 Å². The van der Waals surface area contributed by atoms with Crippen molar-refractivity contribution in [3.63, 3.8) is 0 Å². The van der Waals surface area contributed by atoms with Crippen LogP contribution in [0.4, 0.5) is 20.2 Å². The zero-order chi connectivity index (χ0) is 17.3. The van der Waals surface area contributed by atoms with Crippen molar-refractivity contribution in [1.29, 1.82) is 0 Å². The molecule has 0 unspecified atom stereocenters. The summed E-state index contributed by atoms with van der Waals surface area (Å²) in [5.41, 5.74) is 0.922. The highest BCUT2D eigenvalue weighted by Crippen LogP contribution is 2.22. The zero-order valence-electron chi connectivity index (χ0n) is 12.6. The van der Waals surface area contributed by atoms with Gasteiger partial charge in [-0.15, -0.1) is 0 Å². The summed E-state index contributed by atoms with van der Waals surface area (Å²) >= 11 is 0. The van der Waals surface area contributed by atoms with E-state index in [2.05, 4.69) is 15.6 Å². The molecule has 0 radical (unpaired) electrons. The van der Waals surface area contributed by atoms with Crippen molar-refractivity contribution in [3.8, 4) is 0 Å². The first-order chi connectivity index (χ1) is 11.4. The molecule has 0 aliphatic rings. The highest BCUT2D eigenvalue weighted by atomic mass is 19.1. The molecule has 1 heterocycles. The summed E-state index contributed by atoms with van der Waals surface area (Å²) in [6.07, 6.45) is 0. The molecule has 2 aromatic carbocycles. The average molecular weight is 329 g/mol. The van der Waals surface area contributed by atoms with Crippen LogP contribution < -0.4 is 10.6 Å². The molecule has 0 spiro atoms. The van der Waals surface area contributed by atoms with E-state index >= 15 is 0 Å². The Labute approximate surface area is 135 Å². The van der Waals surface area contributed by atoms with Crippen LogP contribution in [0, 0.1) is 11.6 Å². The minimum Gasteiger partial charge on any atom is -0.350 e. The third-order valence-corrected chi connectivity index (χ3v) is 3.39. The van der Waals surface area contributed by atoms with Crippen LogP contribution >= 0.6 is 0 Å². The Morgan fingerprint density at radius 2 is 1.79 bits per heavy atom. The van der Waals surface area contributed by atoms with Crippen LogP contribution in [0.3, 0.4) is 0 Å². The van der Waals surface area contributed by atoms with Gasteiger partial charge in [-0.3, -0.25) is 9.59 Å². The van der Waals surface area contributed by atoms with Crippen LogP contribution in [0.15, 0.2) is 42.5 Å². The van der Waals surface area contributed by atoms with Gasteiger partial charge in [-0.1, -0.05) is 6.07 Å². The zero-order valence-corrected chi connectivity index (χ0v) is 12.6. The SMILES string of the molecule is CC(=O)Nc1cc(NC(=O)c2cc3c(F)cccc3[nH]2)ccc1F. The molecule has 0 atom stereocenters. The number of benzene rings is 2. The number of aromatic nitrogens is 1. The predicted molar refractivity (Wildman–Crippen MR) is 86.9 cm³/mol. The van der Waals surface area contributed by atoms with Crippen LogP contribution in [0.25, 0.3) is 10.9 Å². The second-order valence-corrected chi connectivity index (χ2v) is 5.21. The fourth-order valence-electron chi connectivity index (χ4n) is 2.33. The number of nitrogens with one attached hydrogen (secondary N) is 3. The van der Waals surface area contributed by atoms with Gasteiger partial charge in [-0.25, -0.2) is 8.78 Å². The molecule has 7 heteroatoms. The van der Waals surface area contributed by atoms with E-state index in [1.54, 1.807) is 6.07 Å². The average Bonchev–Trinajstić information content (AvgIpc) is 2.96. The van der Waals surface area contributed by atoms with E-state index in [1.807, 2.05) is 0 Å². The van der Waals surface area contributed by atoms with Crippen molar-refractivity contribution in [2.45, 2.75) is 6.92 Å². The molecule has 1 aromatic heterocycles. The third-order valence-electron chi connectivity index (χ3n) is 3.39. The summed E-state index contributed by atoms with van der Waals surface area (Å²) < 4.78 is 27.3. The first kappa shape index (κ1) is 15.7. The van der Waals surface area contributed by atoms with Gasteiger partial charge in [0.25, 0.3) is 5.91 Å². The van der Waals surface area contributed by atoms with Gasteiger partial charge < -0.3 is 15.6 Å². The number of halogens is 2. The number of rotatable bonds is 3. The monoisotopic (exact) mass is 329 g/mol. The molecular weight excluding hydrogens is 316 g/mol. The Morgan fingerprint density at radius 3 is 2.50 bits per heavy atom. The van der Waals surface area contributed by atoms with Gasteiger partial charge in [0.05, 0.1) is 5.69 Å². The Kier molecular flexibility index (Phi) is 3.99. The fourth-order valence-corrected chi connectivity index (χ4v) is 2.33. The molecule has 24 heavy (non-hydrogen) atoms. The van der Waals surface area contributed by atoms with E-state index in [0.717, 1.165) is 6.07 Å². The van der Waals surface area contributed by atoms with Crippen molar-refractivity contribution >= 4 is 34.1 Å². The second-order valence-electron chi connectivity index (χ2n) is 5.21. The molecule has 122 valence electrons. The number of H-pyrrole nitrogens is 1. The standard InChI is InChI=1S/C17H13F2N3O2/c1-9(23)20-15-7-10(5-6-13(15)19)21-17(24)16-8-11-12(18)3-2-4-14(11)22-16/h2-8,22H,1H3,(H,20,23)(H,21,24). The lowest BCUT2D eigenvalue weighted by atomic mass is 10.2. The Bertz CT molecular complexity index is 950. The lowest BCUT2D eigenvalue weighted by molar-refractivity contribution is -0.114. The molecule has 0 aliphatic heterocycles. The number of hydrogen-bond acceptors (Lipinski definition) is 2. The molecule has 2 amide bonds. The van der Waals surface area contributed by atoms with E-state index < -0.39 is 23.4 Å². The lowest BCUT2D eigenvalue weighted by Crippen LogP contribution is -2.13. The van der Waals surface area contributed by atoms with Crippen LogP contribution in [0.2, 0.25) is 0 Å². The van der Waals surface area contributed by atoms with Gasteiger partial charge in [-0.2, -0.15) is 0 Å². The summed E-state index contributed by atoms with van der Waals surface area (Å²) in [6.45, 7) is 1.25. The van der Waals surface area contributed by atoms with E-state index in [4.69, 9.17) is 0 Å². The van der Waals surface area contributed by atoms with Crippen molar-refractivity contribution in [1.82, 2.24) is 4.98 Å². The maximum absolute atomic E-state index is 13.7. The molecular formula is C17H13F2N3O2. The highest BCUT2D eigenvalue weighted by Gasteiger charge is 2.13. The summed E-state index contributed by atoms with van der Waals surface area (Å²) in [5.74, 6) is -1.98. The van der Waals surface area contributed by atoms with Crippen molar-refractivity contribution in [3.05, 3.63) is 59.8 Å². The maximum Gasteiger partial charge on any atom is 0.272 e. The molecule has 0 saturated carbocycles. The topological polar surface area (TPSA) is 74.0 Å². The number of aromatic amines is 1. The van der Waals surface area contributed by atoms with Gasteiger partial charge in [-0.05, 0) is 36.4 Å². The van der Waals surface area contributed by atoms with Crippen LogP contribution in [0.5, 0.6) is 0 Å². The molecule has 5 nitrogen and oxygen atoms in total. The molecule has 0 fully saturated rings. The smallest absolute Gasteiger partial charge is 0.272 e. The number of carbonyl (C=O) groups is 2.